The second kappa shape index (κ2) is 4.27. The van der Waals surface area contributed by atoms with Crippen molar-refractivity contribution in [3.05, 3.63) is 36.4 Å². The molecule has 0 amide bonds. The minimum Gasteiger partial charge on any atom is -0.464 e. The number of hydrogen-bond acceptors (Lipinski definition) is 5. The molecule has 5 nitrogen and oxygen atoms in total. The van der Waals surface area contributed by atoms with Crippen molar-refractivity contribution in [2.75, 3.05) is 0 Å². The fraction of sp³-hybridized carbons (Fsp3) is 0.231. The van der Waals surface area contributed by atoms with E-state index in [-0.39, 0.29) is 6.04 Å². The summed E-state index contributed by atoms with van der Waals surface area (Å²) in [6.07, 6.45) is 2.39. The zero-order chi connectivity index (χ0) is 12.5. The number of hydrogen-bond donors (Lipinski definition) is 1. The first-order valence-electron chi connectivity index (χ1n) is 5.85. The molecule has 3 aromatic rings. The smallest absolute Gasteiger partial charge is 0.243 e. The van der Waals surface area contributed by atoms with Crippen molar-refractivity contribution in [2.24, 2.45) is 5.73 Å². The van der Waals surface area contributed by atoms with Crippen LogP contribution in [0.15, 0.2) is 39.5 Å². The zero-order valence-corrected chi connectivity index (χ0v) is 9.96. The molecule has 0 bridgehead atoms. The maximum absolute atomic E-state index is 5.85. The Hall–Kier alpha value is -2.14. The van der Waals surface area contributed by atoms with Crippen LogP contribution in [0.5, 0.6) is 0 Å². The van der Waals surface area contributed by atoms with Gasteiger partial charge >= 0.3 is 0 Å². The lowest BCUT2D eigenvalue weighted by Crippen LogP contribution is -2.08. The first-order chi connectivity index (χ1) is 8.79. The van der Waals surface area contributed by atoms with Crippen LogP contribution in [0, 0.1) is 0 Å². The van der Waals surface area contributed by atoms with Gasteiger partial charge in [0.1, 0.15) is 11.8 Å². The van der Waals surface area contributed by atoms with E-state index in [0.29, 0.717) is 11.7 Å². The van der Waals surface area contributed by atoms with Crippen LogP contribution >= 0.6 is 0 Å². The molecule has 0 spiro atoms. The summed E-state index contributed by atoms with van der Waals surface area (Å²) >= 11 is 0. The van der Waals surface area contributed by atoms with Crippen LogP contribution in [0.4, 0.5) is 0 Å². The fourth-order valence-electron chi connectivity index (χ4n) is 1.82. The van der Waals surface area contributed by atoms with Crippen molar-refractivity contribution in [3.63, 3.8) is 0 Å². The molecule has 2 aromatic heterocycles. The van der Waals surface area contributed by atoms with E-state index in [2.05, 4.69) is 10.1 Å². The molecule has 5 heteroatoms. The van der Waals surface area contributed by atoms with Gasteiger partial charge in [-0.25, -0.2) is 0 Å². The molecular weight excluding hydrogens is 230 g/mol. The number of nitrogens with two attached hydrogens (primary N) is 1. The van der Waals surface area contributed by atoms with Crippen molar-refractivity contribution in [1.82, 2.24) is 10.1 Å². The van der Waals surface area contributed by atoms with Gasteiger partial charge in [-0.05, 0) is 12.5 Å². The Morgan fingerprint density at radius 1 is 1.33 bits per heavy atom. The molecule has 3 rings (SSSR count). The molecule has 0 aliphatic rings. The summed E-state index contributed by atoms with van der Waals surface area (Å²) in [5.41, 5.74) is 7.48. The Morgan fingerprint density at radius 3 is 3.00 bits per heavy atom. The van der Waals surface area contributed by atoms with Crippen molar-refractivity contribution < 1.29 is 8.94 Å². The molecule has 92 valence electrons. The quantitative estimate of drug-likeness (QED) is 0.765. The molecule has 0 saturated carbocycles. The highest BCUT2D eigenvalue weighted by Crippen LogP contribution is 2.29. The first-order valence-corrected chi connectivity index (χ1v) is 5.85. The Kier molecular flexibility index (Phi) is 2.60. The molecule has 18 heavy (non-hydrogen) atoms. The number of benzene rings is 1. The third-order valence-electron chi connectivity index (χ3n) is 2.92. The number of fused-ring (bicyclic) bond motifs is 1. The van der Waals surface area contributed by atoms with E-state index >= 15 is 0 Å². The maximum Gasteiger partial charge on any atom is 0.243 e. The van der Waals surface area contributed by atoms with Crippen molar-refractivity contribution in [3.8, 4) is 11.4 Å². The van der Waals surface area contributed by atoms with Crippen LogP contribution in [-0.4, -0.2) is 10.1 Å². The largest absolute Gasteiger partial charge is 0.464 e. The third kappa shape index (κ3) is 1.69. The minimum atomic E-state index is -0.218. The van der Waals surface area contributed by atoms with Gasteiger partial charge in [0.2, 0.25) is 11.7 Å². The van der Waals surface area contributed by atoms with Gasteiger partial charge in [-0.3, -0.25) is 0 Å². The number of aromatic nitrogens is 2. The molecule has 2 heterocycles. The van der Waals surface area contributed by atoms with Crippen molar-refractivity contribution in [2.45, 2.75) is 19.4 Å². The number of rotatable bonds is 3. The number of furan rings is 1. The average Bonchev–Trinajstić information content (AvgIpc) is 3.03. The van der Waals surface area contributed by atoms with Gasteiger partial charge in [-0.1, -0.05) is 30.3 Å². The Labute approximate surface area is 104 Å². The minimum absolute atomic E-state index is 0.218. The zero-order valence-electron chi connectivity index (χ0n) is 9.96. The molecule has 0 fully saturated rings. The van der Waals surface area contributed by atoms with Gasteiger partial charge in [-0.15, -0.1) is 0 Å². The lowest BCUT2D eigenvalue weighted by Gasteiger charge is -1.98. The van der Waals surface area contributed by atoms with Crippen LogP contribution in [-0.2, 0) is 0 Å². The standard InChI is InChI=1S/C13H13N3O2/c1-2-10(14)13-15-12(16-18-13)9-7-17-11-6-4-3-5-8(9)11/h3-7,10H,2,14H2,1H3/t10-/m1/s1. The summed E-state index contributed by atoms with van der Waals surface area (Å²) in [5.74, 6) is 0.969. The summed E-state index contributed by atoms with van der Waals surface area (Å²) in [7, 11) is 0. The van der Waals surface area contributed by atoms with Crippen molar-refractivity contribution >= 4 is 11.0 Å². The van der Waals surface area contributed by atoms with Gasteiger partial charge < -0.3 is 14.7 Å². The average molecular weight is 243 g/mol. The third-order valence-corrected chi connectivity index (χ3v) is 2.92. The lowest BCUT2D eigenvalue weighted by atomic mass is 10.1. The highest BCUT2D eigenvalue weighted by molar-refractivity contribution is 5.91. The topological polar surface area (TPSA) is 78.1 Å². The van der Waals surface area contributed by atoms with Crippen LogP contribution in [0.2, 0.25) is 0 Å². The van der Waals surface area contributed by atoms with E-state index in [9.17, 15) is 0 Å². The summed E-state index contributed by atoms with van der Waals surface area (Å²) in [6, 6.07) is 7.51. The van der Waals surface area contributed by atoms with Gasteiger partial charge in [0, 0.05) is 5.39 Å². The van der Waals surface area contributed by atoms with Crippen LogP contribution in [0.3, 0.4) is 0 Å². The van der Waals surface area contributed by atoms with Crippen LogP contribution < -0.4 is 5.73 Å². The second-order valence-electron chi connectivity index (χ2n) is 4.12. The van der Waals surface area contributed by atoms with Crippen LogP contribution in [0.25, 0.3) is 22.4 Å². The summed E-state index contributed by atoms with van der Waals surface area (Å²) < 4.78 is 10.6. The Balaban J connectivity index is 2.07. The molecule has 0 aliphatic carbocycles. The van der Waals surface area contributed by atoms with E-state index in [1.54, 1.807) is 6.26 Å². The first kappa shape index (κ1) is 11.0. The highest BCUT2D eigenvalue weighted by Gasteiger charge is 2.17. The summed E-state index contributed by atoms with van der Waals surface area (Å²) in [5, 5.41) is 4.92. The SMILES string of the molecule is CC[C@@H](N)c1nc(-c2coc3ccccc23)no1. The summed E-state index contributed by atoms with van der Waals surface area (Å²) in [4.78, 5) is 4.31. The molecule has 2 N–H and O–H groups in total. The predicted octanol–water partition coefficient (Wildman–Crippen LogP) is 2.89. The normalized spacial score (nSPS) is 13.0. The molecule has 0 saturated heterocycles. The highest BCUT2D eigenvalue weighted by atomic mass is 16.5. The van der Waals surface area contributed by atoms with E-state index in [0.717, 1.165) is 23.0 Å². The molecule has 1 atom stereocenters. The molecular formula is C13H13N3O2. The van der Waals surface area contributed by atoms with Gasteiger partial charge in [-0.2, -0.15) is 4.98 Å². The molecule has 0 unspecified atom stereocenters. The van der Waals surface area contributed by atoms with E-state index in [1.807, 2.05) is 31.2 Å². The molecule has 0 aliphatic heterocycles. The lowest BCUT2D eigenvalue weighted by molar-refractivity contribution is 0.352. The molecule has 1 aromatic carbocycles. The second-order valence-corrected chi connectivity index (χ2v) is 4.12. The van der Waals surface area contributed by atoms with Gasteiger partial charge in [0.15, 0.2) is 0 Å². The maximum atomic E-state index is 5.85. The van der Waals surface area contributed by atoms with E-state index in [4.69, 9.17) is 14.7 Å². The van der Waals surface area contributed by atoms with Crippen molar-refractivity contribution in [1.29, 1.82) is 0 Å². The number of nitrogens with zero attached hydrogens (tertiary/aromatic N) is 2. The Bertz CT molecular complexity index is 671. The van der Waals surface area contributed by atoms with Gasteiger partial charge in [0.05, 0.1) is 11.6 Å². The van der Waals surface area contributed by atoms with Gasteiger partial charge in [0.25, 0.3) is 0 Å². The Morgan fingerprint density at radius 2 is 2.17 bits per heavy atom. The predicted molar refractivity (Wildman–Crippen MR) is 66.7 cm³/mol. The monoisotopic (exact) mass is 243 g/mol. The number of para-hydroxylation sites is 1. The molecule has 0 radical (unpaired) electrons. The van der Waals surface area contributed by atoms with E-state index < -0.39 is 0 Å². The summed E-state index contributed by atoms with van der Waals surface area (Å²) in [6.45, 7) is 1.97. The van der Waals surface area contributed by atoms with Crippen LogP contribution in [0.1, 0.15) is 25.3 Å². The van der Waals surface area contributed by atoms with E-state index in [1.165, 1.54) is 0 Å². The fourth-order valence-corrected chi connectivity index (χ4v) is 1.82.